The standard InChI is InChI=1S/C19H26O7/c1-11(20)23-17(24-12(2)21)19-14-8-6-7-13(14)15(19)25-18(26-16(19)22)9-4-3-5-10-18/h13-15,17H,3-10H2,1-2H3/t13-,14+,15-,19-/m1/s1. The van der Waals surface area contributed by atoms with Gasteiger partial charge in [0.2, 0.25) is 5.79 Å². The molecule has 4 rings (SSSR count). The van der Waals surface area contributed by atoms with Gasteiger partial charge in [0.25, 0.3) is 6.29 Å². The number of fused-ring (bicyclic) bond motifs is 4. The highest BCUT2D eigenvalue weighted by atomic mass is 16.8. The number of ether oxygens (including phenoxy) is 4. The van der Waals surface area contributed by atoms with E-state index in [2.05, 4.69) is 0 Å². The Balaban J connectivity index is 1.70. The van der Waals surface area contributed by atoms with Crippen molar-refractivity contribution in [3.05, 3.63) is 0 Å². The van der Waals surface area contributed by atoms with Crippen LogP contribution in [0.25, 0.3) is 0 Å². The van der Waals surface area contributed by atoms with E-state index < -0.39 is 41.5 Å². The molecule has 0 aromatic heterocycles. The predicted molar refractivity (Wildman–Crippen MR) is 87.4 cm³/mol. The van der Waals surface area contributed by atoms with E-state index in [9.17, 15) is 14.4 Å². The minimum absolute atomic E-state index is 0.0513. The lowest BCUT2D eigenvalue weighted by Gasteiger charge is -2.63. The molecule has 26 heavy (non-hydrogen) atoms. The number of hydrogen-bond donors (Lipinski definition) is 0. The van der Waals surface area contributed by atoms with Crippen LogP contribution in [-0.4, -0.2) is 36.1 Å². The van der Waals surface area contributed by atoms with Gasteiger partial charge < -0.3 is 18.9 Å². The lowest BCUT2D eigenvalue weighted by molar-refractivity contribution is -0.388. The van der Waals surface area contributed by atoms with Crippen molar-refractivity contribution >= 4 is 17.9 Å². The smallest absolute Gasteiger partial charge is 0.325 e. The van der Waals surface area contributed by atoms with E-state index in [4.69, 9.17) is 18.9 Å². The highest BCUT2D eigenvalue weighted by Gasteiger charge is 2.78. The summed E-state index contributed by atoms with van der Waals surface area (Å²) in [5.74, 6) is -2.34. The van der Waals surface area contributed by atoms with Crippen LogP contribution in [-0.2, 0) is 33.3 Å². The molecule has 0 amide bonds. The van der Waals surface area contributed by atoms with Gasteiger partial charge in [-0.25, -0.2) is 0 Å². The molecule has 4 fully saturated rings. The lowest BCUT2D eigenvalue weighted by Crippen LogP contribution is -2.76. The maximum Gasteiger partial charge on any atom is 0.325 e. The van der Waals surface area contributed by atoms with Gasteiger partial charge in [0.1, 0.15) is 0 Å². The molecule has 0 unspecified atom stereocenters. The summed E-state index contributed by atoms with van der Waals surface area (Å²) in [6, 6.07) is 0. The van der Waals surface area contributed by atoms with Crippen LogP contribution in [0.15, 0.2) is 0 Å². The van der Waals surface area contributed by atoms with E-state index in [0.717, 1.165) is 38.5 Å². The third-order valence-electron chi connectivity index (χ3n) is 6.57. The predicted octanol–water partition coefficient (Wildman–Crippen LogP) is 2.46. The molecule has 4 aliphatic rings. The van der Waals surface area contributed by atoms with Crippen LogP contribution in [0.2, 0.25) is 0 Å². The van der Waals surface area contributed by atoms with Crippen LogP contribution >= 0.6 is 0 Å². The van der Waals surface area contributed by atoms with Crippen LogP contribution in [0.1, 0.15) is 65.2 Å². The summed E-state index contributed by atoms with van der Waals surface area (Å²) in [4.78, 5) is 36.6. The van der Waals surface area contributed by atoms with Crippen molar-refractivity contribution in [2.75, 3.05) is 0 Å². The Morgan fingerprint density at radius 1 is 1.04 bits per heavy atom. The van der Waals surface area contributed by atoms with Crippen molar-refractivity contribution in [1.29, 1.82) is 0 Å². The van der Waals surface area contributed by atoms with Gasteiger partial charge in [-0.15, -0.1) is 0 Å². The second-order valence-corrected chi connectivity index (χ2v) is 8.08. The molecule has 3 aliphatic carbocycles. The average molecular weight is 366 g/mol. The molecule has 1 heterocycles. The molecule has 1 saturated heterocycles. The number of carbonyl (C=O) groups is 3. The van der Waals surface area contributed by atoms with Gasteiger partial charge in [0.05, 0.1) is 6.10 Å². The first-order chi connectivity index (χ1) is 12.4. The maximum absolute atomic E-state index is 13.3. The monoisotopic (exact) mass is 366 g/mol. The first-order valence-electron chi connectivity index (χ1n) is 9.65. The second-order valence-electron chi connectivity index (χ2n) is 8.08. The van der Waals surface area contributed by atoms with E-state index in [1.807, 2.05) is 0 Å². The summed E-state index contributed by atoms with van der Waals surface area (Å²) in [6.45, 7) is 2.48. The fourth-order valence-electron chi connectivity index (χ4n) is 5.59. The third kappa shape index (κ3) is 2.47. The quantitative estimate of drug-likeness (QED) is 0.560. The van der Waals surface area contributed by atoms with Gasteiger partial charge in [-0.2, -0.15) is 0 Å². The second kappa shape index (κ2) is 6.22. The first-order valence-corrected chi connectivity index (χ1v) is 9.65. The molecule has 144 valence electrons. The zero-order valence-corrected chi connectivity index (χ0v) is 15.3. The summed E-state index contributed by atoms with van der Waals surface area (Å²) in [6.07, 6.45) is 5.42. The van der Waals surface area contributed by atoms with Gasteiger partial charge in [-0.05, 0) is 37.5 Å². The Morgan fingerprint density at radius 3 is 2.31 bits per heavy atom. The van der Waals surface area contributed by atoms with Crippen LogP contribution in [0.3, 0.4) is 0 Å². The number of esters is 3. The van der Waals surface area contributed by atoms with Gasteiger partial charge in [0, 0.05) is 26.7 Å². The molecule has 1 spiro atoms. The molecule has 0 bridgehead atoms. The molecular formula is C19H26O7. The van der Waals surface area contributed by atoms with Crippen molar-refractivity contribution in [1.82, 2.24) is 0 Å². The van der Waals surface area contributed by atoms with E-state index in [1.54, 1.807) is 0 Å². The van der Waals surface area contributed by atoms with Crippen LogP contribution in [0.5, 0.6) is 0 Å². The molecule has 7 heteroatoms. The fourth-order valence-corrected chi connectivity index (χ4v) is 5.59. The summed E-state index contributed by atoms with van der Waals surface area (Å²) in [5.41, 5.74) is -1.23. The third-order valence-corrected chi connectivity index (χ3v) is 6.57. The topological polar surface area (TPSA) is 88.1 Å². The van der Waals surface area contributed by atoms with E-state index in [0.29, 0.717) is 12.8 Å². The largest absolute Gasteiger partial charge is 0.432 e. The summed E-state index contributed by atoms with van der Waals surface area (Å²) in [5, 5.41) is 0. The maximum atomic E-state index is 13.3. The van der Waals surface area contributed by atoms with Crippen LogP contribution in [0, 0.1) is 17.3 Å². The van der Waals surface area contributed by atoms with Gasteiger partial charge >= 0.3 is 17.9 Å². The normalized spacial score (nSPS) is 37.3. The zero-order valence-electron chi connectivity index (χ0n) is 15.3. The molecule has 4 atom stereocenters. The van der Waals surface area contributed by atoms with Gasteiger partial charge in [-0.3, -0.25) is 14.4 Å². The highest BCUT2D eigenvalue weighted by molar-refractivity contribution is 5.83. The SMILES string of the molecule is CC(=O)OC(OC(C)=O)[C@@]12C(=O)OC3(CCCCC3)O[C@@H]1[C@@H]1CCC[C@@H]12. The molecular weight excluding hydrogens is 340 g/mol. The van der Waals surface area contributed by atoms with Crippen molar-refractivity contribution in [3.8, 4) is 0 Å². The molecule has 0 aromatic rings. The molecule has 3 saturated carbocycles. The Hall–Kier alpha value is -1.63. The Bertz CT molecular complexity index is 607. The van der Waals surface area contributed by atoms with E-state index in [-0.39, 0.29) is 11.8 Å². The van der Waals surface area contributed by atoms with Crippen molar-refractivity contribution in [2.45, 2.75) is 83.4 Å². The van der Waals surface area contributed by atoms with E-state index in [1.165, 1.54) is 13.8 Å². The number of rotatable bonds is 3. The highest BCUT2D eigenvalue weighted by Crippen LogP contribution is 2.66. The Labute approximate surface area is 152 Å². The summed E-state index contributed by atoms with van der Waals surface area (Å²) >= 11 is 0. The van der Waals surface area contributed by atoms with Gasteiger partial charge in [0.15, 0.2) is 5.41 Å². The van der Waals surface area contributed by atoms with Crippen LogP contribution < -0.4 is 0 Å². The minimum atomic E-state index is -1.30. The van der Waals surface area contributed by atoms with Gasteiger partial charge in [-0.1, -0.05) is 12.8 Å². The average Bonchev–Trinajstić information content (AvgIpc) is 2.98. The summed E-state index contributed by atoms with van der Waals surface area (Å²) in [7, 11) is 0. The summed E-state index contributed by atoms with van der Waals surface area (Å²) < 4.78 is 22.9. The zero-order chi connectivity index (χ0) is 18.5. The van der Waals surface area contributed by atoms with E-state index >= 15 is 0 Å². The Morgan fingerprint density at radius 2 is 1.69 bits per heavy atom. The van der Waals surface area contributed by atoms with Crippen molar-refractivity contribution in [3.63, 3.8) is 0 Å². The molecule has 0 aromatic carbocycles. The molecule has 7 nitrogen and oxygen atoms in total. The van der Waals surface area contributed by atoms with Crippen molar-refractivity contribution in [2.24, 2.45) is 17.3 Å². The number of carbonyl (C=O) groups excluding carboxylic acids is 3. The van der Waals surface area contributed by atoms with Crippen molar-refractivity contribution < 1.29 is 33.3 Å². The molecule has 0 radical (unpaired) electrons. The molecule has 0 N–H and O–H groups in total. The fraction of sp³-hybridized carbons (Fsp3) is 0.842. The Kier molecular flexibility index (Phi) is 4.25. The minimum Gasteiger partial charge on any atom is -0.432 e. The molecule has 1 aliphatic heterocycles. The lowest BCUT2D eigenvalue weighted by atomic mass is 9.51. The van der Waals surface area contributed by atoms with Crippen LogP contribution in [0.4, 0.5) is 0 Å². The first kappa shape index (κ1) is 17.8. The number of hydrogen-bond acceptors (Lipinski definition) is 7.